The fourth-order valence-electron chi connectivity index (χ4n) is 6.91. The molecular formula is C48H79NO4. The monoisotopic (exact) mass is 734 g/mol. The summed E-state index contributed by atoms with van der Waals surface area (Å²) >= 11 is 0. The van der Waals surface area contributed by atoms with E-state index >= 15 is 0 Å². The first kappa shape index (κ1) is 46.5. The summed E-state index contributed by atoms with van der Waals surface area (Å²) in [5, 5.41) is 2.90. The van der Waals surface area contributed by atoms with Crippen molar-refractivity contribution in [3.8, 4) is 0 Å². The van der Waals surface area contributed by atoms with Crippen molar-refractivity contribution in [2.45, 2.75) is 206 Å². The van der Waals surface area contributed by atoms with Crippen LogP contribution in [0, 0.1) is 0 Å². The van der Waals surface area contributed by atoms with E-state index in [1.807, 2.05) is 37.3 Å². The van der Waals surface area contributed by atoms with Gasteiger partial charge in [-0.15, -0.1) is 0 Å². The van der Waals surface area contributed by atoms with Gasteiger partial charge in [-0.2, -0.15) is 0 Å². The van der Waals surface area contributed by atoms with E-state index in [0.29, 0.717) is 13.0 Å². The maximum Gasteiger partial charge on any atom is 0.407 e. The molecule has 1 aromatic rings. The number of hydrogen-bond donors (Lipinski definition) is 1. The summed E-state index contributed by atoms with van der Waals surface area (Å²) in [7, 11) is 0. The normalized spacial score (nSPS) is 19.1. The third-order valence-corrected chi connectivity index (χ3v) is 10.2. The van der Waals surface area contributed by atoms with Crippen LogP contribution in [-0.2, 0) is 20.8 Å². The highest BCUT2D eigenvalue weighted by atomic mass is 16.8. The molecule has 2 unspecified atom stereocenters. The van der Waals surface area contributed by atoms with Crippen molar-refractivity contribution in [3.63, 3.8) is 0 Å². The average Bonchev–Trinajstić information content (AvgIpc) is 3.48. The Morgan fingerprint density at radius 1 is 0.623 bits per heavy atom. The molecule has 0 saturated carbocycles. The zero-order valence-electron chi connectivity index (χ0n) is 34.4. The molecule has 1 amide bonds. The first-order valence-corrected chi connectivity index (χ1v) is 22.0. The van der Waals surface area contributed by atoms with E-state index in [9.17, 15) is 4.79 Å². The molecule has 2 atom stereocenters. The maximum atomic E-state index is 12.3. The van der Waals surface area contributed by atoms with Gasteiger partial charge < -0.3 is 19.5 Å². The zero-order valence-corrected chi connectivity index (χ0v) is 34.4. The number of unbranched alkanes of at least 4 members (excludes halogenated alkanes) is 16. The molecule has 1 N–H and O–H groups in total. The molecule has 0 bridgehead atoms. The van der Waals surface area contributed by atoms with Crippen LogP contribution in [0.1, 0.15) is 187 Å². The van der Waals surface area contributed by atoms with Crippen LogP contribution in [0.2, 0.25) is 0 Å². The van der Waals surface area contributed by atoms with Gasteiger partial charge in [0.25, 0.3) is 0 Å². The first-order chi connectivity index (χ1) is 26.1. The predicted molar refractivity (Wildman–Crippen MR) is 226 cm³/mol. The van der Waals surface area contributed by atoms with Gasteiger partial charge in [-0.05, 0) is 89.5 Å². The summed E-state index contributed by atoms with van der Waals surface area (Å²) in [5.74, 6) is -0.684. The molecule has 5 nitrogen and oxygen atoms in total. The van der Waals surface area contributed by atoms with Gasteiger partial charge in [-0.25, -0.2) is 4.79 Å². The van der Waals surface area contributed by atoms with Crippen LogP contribution in [0.4, 0.5) is 4.79 Å². The standard InChI is InChI=1S/C48H79NO4/c1-4-6-8-10-12-14-16-18-20-22-24-26-28-30-35-39-45-46(40-36-31-29-27-25-23-21-19-17-15-13-11-9-7-5-2)53-48(3,52-45)41-42-49-47(50)51-43-44-37-33-32-34-38-44/h12-15,18-21,32-34,37-38,45-46H,4-11,16-17,22-31,35-36,39-43H2,1-3H3,(H,49,50)/b14-12-,15-13-,20-18-,21-19-. The van der Waals surface area contributed by atoms with E-state index in [4.69, 9.17) is 14.2 Å². The number of amides is 1. The largest absolute Gasteiger partial charge is 0.445 e. The van der Waals surface area contributed by atoms with Gasteiger partial charge in [0.05, 0.1) is 12.2 Å². The molecule has 1 aliphatic heterocycles. The molecule has 5 heteroatoms. The zero-order chi connectivity index (χ0) is 37.9. The number of carbonyl (C=O) groups is 1. The number of hydrogen-bond acceptors (Lipinski definition) is 4. The van der Waals surface area contributed by atoms with Crippen LogP contribution in [0.5, 0.6) is 0 Å². The van der Waals surface area contributed by atoms with Crippen LogP contribution < -0.4 is 5.32 Å². The van der Waals surface area contributed by atoms with Crippen LogP contribution in [0.25, 0.3) is 0 Å². The summed E-state index contributed by atoms with van der Waals surface area (Å²) < 4.78 is 18.6. The molecule has 300 valence electrons. The molecule has 1 saturated heterocycles. The second-order valence-corrected chi connectivity index (χ2v) is 15.2. The Morgan fingerprint density at radius 3 is 1.53 bits per heavy atom. The van der Waals surface area contributed by atoms with Crippen molar-refractivity contribution < 1.29 is 19.0 Å². The Labute approximate surface area is 326 Å². The number of nitrogens with one attached hydrogen (secondary N) is 1. The summed E-state index contributed by atoms with van der Waals surface area (Å²) in [5.41, 5.74) is 0.976. The smallest absolute Gasteiger partial charge is 0.407 e. The summed E-state index contributed by atoms with van der Waals surface area (Å²) in [4.78, 5) is 12.3. The van der Waals surface area contributed by atoms with E-state index in [2.05, 4.69) is 67.8 Å². The van der Waals surface area contributed by atoms with Crippen molar-refractivity contribution in [2.75, 3.05) is 6.54 Å². The van der Waals surface area contributed by atoms with Crippen LogP contribution in [0.15, 0.2) is 78.9 Å². The number of rotatable bonds is 33. The van der Waals surface area contributed by atoms with E-state index < -0.39 is 11.9 Å². The van der Waals surface area contributed by atoms with Crippen molar-refractivity contribution >= 4 is 6.09 Å². The molecule has 0 aliphatic carbocycles. The van der Waals surface area contributed by atoms with Gasteiger partial charge in [0.15, 0.2) is 5.79 Å². The summed E-state index contributed by atoms with van der Waals surface area (Å²) in [6, 6.07) is 9.76. The summed E-state index contributed by atoms with van der Waals surface area (Å²) in [6.07, 6.45) is 48.5. The van der Waals surface area contributed by atoms with E-state index in [1.165, 1.54) is 128 Å². The topological polar surface area (TPSA) is 56.8 Å². The van der Waals surface area contributed by atoms with Crippen molar-refractivity contribution in [2.24, 2.45) is 0 Å². The maximum absolute atomic E-state index is 12.3. The minimum absolute atomic E-state index is 0.119. The highest BCUT2D eigenvalue weighted by Crippen LogP contribution is 2.36. The quantitative estimate of drug-likeness (QED) is 0.0577. The number of alkyl carbamates (subject to hydrolysis) is 1. The van der Waals surface area contributed by atoms with Gasteiger partial charge >= 0.3 is 6.09 Å². The lowest BCUT2D eigenvalue weighted by molar-refractivity contribution is -0.165. The molecule has 1 aliphatic rings. The van der Waals surface area contributed by atoms with Gasteiger partial charge in [0.2, 0.25) is 0 Å². The molecule has 0 spiro atoms. The minimum atomic E-state index is -0.684. The Morgan fingerprint density at radius 2 is 1.06 bits per heavy atom. The minimum Gasteiger partial charge on any atom is -0.445 e. The first-order valence-electron chi connectivity index (χ1n) is 22.0. The van der Waals surface area contributed by atoms with E-state index in [-0.39, 0.29) is 18.8 Å². The molecule has 1 aromatic carbocycles. The fraction of sp³-hybridized carbons (Fsp3) is 0.688. The fourth-order valence-corrected chi connectivity index (χ4v) is 6.91. The predicted octanol–water partition coefficient (Wildman–Crippen LogP) is 14.4. The number of carbonyl (C=O) groups excluding carboxylic acids is 1. The lowest BCUT2D eigenvalue weighted by Gasteiger charge is -2.23. The highest BCUT2D eigenvalue weighted by molar-refractivity contribution is 5.67. The average molecular weight is 734 g/mol. The lowest BCUT2D eigenvalue weighted by Crippen LogP contribution is -2.34. The third kappa shape index (κ3) is 25.9. The van der Waals surface area contributed by atoms with E-state index in [0.717, 1.165) is 31.2 Å². The van der Waals surface area contributed by atoms with Gasteiger partial charge in [-0.1, -0.05) is 170 Å². The second-order valence-electron chi connectivity index (χ2n) is 15.2. The SMILES string of the molecule is CCCCC/C=C\C/C=C\CCCCCCCC1OC(C)(CCNC(=O)OCc2ccccc2)OC1CCCCCCC/C=C\C/C=C\CCCCC. The second kappa shape index (κ2) is 32.8. The number of allylic oxidation sites excluding steroid dienone is 8. The Kier molecular flexibility index (Phi) is 28.8. The molecule has 53 heavy (non-hydrogen) atoms. The number of ether oxygens (including phenoxy) is 3. The van der Waals surface area contributed by atoms with Crippen molar-refractivity contribution in [3.05, 3.63) is 84.5 Å². The van der Waals surface area contributed by atoms with Crippen LogP contribution in [-0.4, -0.2) is 30.6 Å². The molecule has 1 fully saturated rings. The molecule has 2 rings (SSSR count). The molecule has 0 radical (unpaired) electrons. The van der Waals surface area contributed by atoms with Crippen LogP contribution >= 0.6 is 0 Å². The Balaban J connectivity index is 1.66. The molecule has 0 aromatic heterocycles. The lowest BCUT2D eigenvalue weighted by atomic mass is 9.99. The molecular weight excluding hydrogens is 655 g/mol. The van der Waals surface area contributed by atoms with Gasteiger partial charge in [0.1, 0.15) is 6.61 Å². The number of benzene rings is 1. The van der Waals surface area contributed by atoms with Gasteiger partial charge in [-0.3, -0.25) is 0 Å². The van der Waals surface area contributed by atoms with Crippen LogP contribution in [0.3, 0.4) is 0 Å². The van der Waals surface area contributed by atoms with Crippen molar-refractivity contribution in [1.82, 2.24) is 5.32 Å². The van der Waals surface area contributed by atoms with E-state index in [1.54, 1.807) is 0 Å². The summed E-state index contributed by atoms with van der Waals surface area (Å²) in [6.45, 7) is 7.28. The van der Waals surface area contributed by atoms with Gasteiger partial charge in [0, 0.05) is 13.0 Å². The molecule has 1 heterocycles. The Hall–Kier alpha value is -2.63. The highest BCUT2D eigenvalue weighted by Gasteiger charge is 2.43. The Bertz CT molecular complexity index is 1060. The third-order valence-electron chi connectivity index (χ3n) is 10.2. The van der Waals surface area contributed by atoms with Crippen molar-refractivity contribution in [1.29, 1.82) is 0 Å².